The van der Waals surface area contributed by atoms with Crippen molar-refractivity contribution in [3.05, 3.63) is 54.9 Å². The number of anilines is 1. The highest BCUT2D eigenvalue weighted by atomic mass is 16.1. The summed E-state index contributed by atoms with van der Waals surface area (Å²) in [6, 6.07) is 4.01. The van der Waals surface area contributed by atoms with E-state index in [1.165, 1.54) is 4.68 Å². The second-order valence-corrected chi connectivity index (χ2v) is 8.74. The molecule has 5 rings (SSSR count). The molecular weight excluding hydrogens is 425 g/mol. The molecule has 164 valence electrons. The second kappa shape index (κ2) is 8.75. The van der Waals surface area contributed by atoms with Crippen molar-refractivity contribution in [3.8, 4) is 11.1 Å². The van der Waals surface area contributed by atoms with Gasteiger partial charge in [0.05, 0.1) is 59.3 Å². The van der Waals surface area contributed by atoms with Crippen LogP contribution in [0.25, 0.3) is 22.0 Å². The van der Waals surface area contributed by atoms with E-state index in [1.807, 2.05) is 10.7 Å². The molecule has 0 bridgehead atoms. The Balaban J connectivity index is 1.33. The van der Waals surface area contributed by atoms with Crippen LogP contribution in [0.4, 0.5) is 5.82 Å². The lowest BCUT2D eigenvalue weighted by Gasteiger charge is -2.28. The number of carbonyl (C=O) groups excluding carboxylic acids is 1. The standard InChI is InChI=1S/C22H21B3N8O/c1-31-4-2-18(3-5-31)32-12-17(10-28-32)21(34)30-20-7-14-6-15(8-26-19(14)11-27-20)16-9-29-33(13-16)22(23,24)25/h6-13,18H,2-5H2,1H3,(H,27,30,34). The number of piperidine rings is 1. The van der Waals surface area contributed by atoms with E-state index < -0.39 is 5.24 Å². The summed E-state index contributed by atoms with van der Waals surface area (Å²) >= 11 is 0. The van der Waals surface area contributed by atoms with Gasteiger partial charge < -0.3 is 10.2 Å². The van der Waals surface area contributed by atoms with Gasteiger partial charge in [0, 0.05) is 35.1 Å². The second-order valence-electron chi connectivity index (χ2n) is 8.74. The first-order valence-electron chi connectivity index (χ1n) is 11.0. The van der Waals surface area contributed by atoms with Gasteiger partial charge >= 0.3 is 0 Å². The molecule has 0 atom stereocenters. The molecule has 1 amide bonds. The topological polar surface area (TPSA) is 93.8 Å². The van der Waals surface area contributed by atoms with Gasteiger partial charge in [-0.05, 0) is 50.3 Å². The minimum atomic E-state index is -1.59. The van der Waals surface area contributed by atoms with Gasteiger partial charge in [-0.2, -0.15) is 10.2 Å². The Morgan fingerprint density at radius 1 is 1.00 bits per heavy atom. The van der Waals surface area contributed by atoms with Crippen LogP contribution in [0.2, 0.25) is 0 Å². The van der Waals surface area contributed by atoms with E-state index in [2.05, 4.69) is 37.4 Å². The van der Waals surface area contributed by atoms with Gasteiger partial charge in [0.2, 0.25) is 0 Å². The van der Waals surface area contributed by atoms with Crippen LogP contribution >= 0.6 is 0 Å². The normalized spacial score (nSPS) is 15.6. The van der Waals surface area contributed by atoms with Crippen LogP contribution in [0.3, 0.4) is 0 Å². The maximum atomic E-state index is 12.8. The number of hydrogen-bond acceptors (Lipinski definition) is 6. The molecule has 1 saturated heterocycles. The third-order valence-electron chi connectivity index (χ3n) is 6.05. The number of likely N-dealkylation sites (tertiary alicyclic amines) is 1. The van der Waals surface area contributed by atoms with Crippen LogP contribution in [0.5, 0.6) is 0 Å². The first-order valence-corrected chi connectivity index (χ1v) is 11.0. The zero-order valence-electron chi connectivity index (χ0n) is 18.8. The van der Waals surface area contributed by atoms with Crippen molar-refractivity contribution >= 4 is 46.2 Å². The van der Waals surface area contributed by atoms with Gasteiger partial charge in [0.25, 0.3) is 5.91 Å². The van der Waals surface area contributed by atoms with Crippen LogP contribution in [-0.2, 0) is 5.24 Å². The number of pyridine rings is 2. The SMILES string of the molecule is [B]C([B])([B])n1cc(-c2cnc3cnc(NC(=O)c4cnn(C5CCN(C)CC5)c4)cc3c2)cn1. The fraction of sp³-hybridized carbons (Fsp3) is 0.318. The maximum Gasteiger partial charge on any atom is 0.260 e. The lowest BCUT2D eigenvalue weighted by Crippen LogP contribution is -2.35. The Labute approximate surface area is 201 Å². The van der Waals surface area contributed by atoms with E-state index in [-0.39, 0.29) is 5.91 Å². The Hall–Kier alpha value is -3.40. The molecule has 9 nitrogen and oxygen atoms in total. The largest absolute Gasteiger partial charge is 0.306 e. The number of amides is 1. The Morgan fingerprint density at radius 2 is 1.79 bits per heavy atom. The summed E-state index contributed by atoms with van der Waals surface area (Å²) in [7, 11) is 19.2. The van der Waals surface area contributed by atoms with Crippen molar-refractivity contribution in [2.75, 3.05) is 25.5 Å². The van der Waals surface area contributed by atoms with Crippen LogP contribution in [0, 0.1) is 0 Å². The molecule has 1 aliphatic heterocycles. The number of aromatic nitrogens is 6. The van der Waals surface area contributed by atoms with Crippen LogP contribution in [0.1, 0.15) is 29.2 Å². The summed E-state index contributed by atoms with van der Waals surface area (Å²) in [6.07, 6.45) is 12.0. The minimum Gasteiger partial charge on any atom is -0.306 e. The Morgan fingerprint density at radius 3 is 2.53 bits per heavy atom. The van der Waals surface area contributed by atoms with E-state index >= 15 is 0 Å². The van der Waals surface area contributed by atoms with E-state index in [1.54, 1.807) is 43.2 Å². The van der Waals surface area contributed by atoms with Crippen molar-refractivity contribution in [3.63, 3.8) is 0 Å². The van der Waals surface area contributed by atoms with Crippen LogP contribution < -0.4 is 5.32 Å². The predicted octanol–water partition coefficient (Wildman–Crippen LogP) is 1.28. The van der Waals surface area contributed by atoms with E-state index in [9.17, 15) is 4.79 Å². The number of rotatable bonds is 5. The predicted molar refractivity (Wildman–Crippen MR) is 132 cm³/mol. The molecule has 1 fully saturated rings. The number of fused-ring (bicyclic) bond motifs is 1. The van der Waals surface area contributed by atoms with Crippen molar-refractivity contribution in [1.29, 1.82) is 0 Å². The molecule has 6 radical (unpaired) electrons. The fourth-order valence-corrected chi connectivity index (χ4v) is 4.04. The molecule has 12 heteroatoms. The lowest BCUT2D eigenvalue weighted by molar-refractivity contribution is 0.102. The first-order chi connectivity index (χ1) is 16.3. The van der Waals surface area contributed by atoms with Gasteiger partial charge in [-0.25, -0.2) is 4.98 Å². The van der Waals surface area contributed by atoms with Crippen molar-refractivity contribution in [2.45, 2.75) is 24.1 Å². The molecule has 1 aliphatic rings. The summed E-state index contributed by atoms with van der Waals surface area (Å²) in [5.41, 5.74) is 2.73. The molecule has 4 aromatic rings. The molecule has 1 N–H and O–H groups in total. The van der Waals surface area contributed by atoms with Gasteiger partial charge in [-0.3, -0.25) is 19.1 Å². The third kappa shape index (κ3) is 4.63. The van der Waals surface area contributed by atoms with E-state index in [4.69, 9.17) is 23.5 Å². The number of nitrogens with one attached hydrogen (secondary N) is 1. The number of hydrogen-bond donors (Lipinski definition) is 1. The molecule has 0 aliphatic carbocycles. The molecule has 0 aromatic carbocycles. The molecule has 4 aromatic heterocycles. The zero-order chi connectivity index (χ0) is 23.9. The fourth-order valence-electron chi connectivity index (χ4n) is 4.04. The molecule has 5 heterocycles. The molecule has 0 spiro atoms. The summed E-state index contributed by atoms with van der Waals surface area (Å²) < 4.78 is 3.17. The van der Waals surface area contributed by atoms with Gasteiger partial charge in [-0.15, -0.1) is 0 Å². The van der Waals surface area contributed by atoms with Crippen molar-refractivity contribution in [1.82, 2.24) is 34.4 Å². The number of carbonyl (C=O) groups is 1. The highest BCUT2D eigenvalue weighted by Crippen LogP contribution is 2.25. The highest BCUT2D eigenvalue weighted by molar-refractivity contribution is 6.56. The molecule has 34 heavy (non-hydrogen) atoms. The maximum absolute atomic E-state index is 12.8. The van der Waals surface area contributed by atoms with Crippen LogP contribution in [-0.4, -0.2) is 84.0 Å². The monoisotopic (exact) mass is 446 g/mol. The van der Waals surface area contributed by atoms with Crippen molar-refractivity contribution in [2.24, 2.45) is 0 Å². The van der Waals surface area contributed by atoms with Crippen molar-refractivity contribution < 1.29 is 4.79 Å². The smallest absolute Gasteiger partial charge is 0.260 e. The Kier molecular flexibility index (Phi) is 5.77. The quantitative estimate of drug-likeness (QED) is 0.465. The lowest BCUT2D eigenvalue weighted by atomic mass is 9.49. The summed E-state index contributed by atoms with van der Waals surface area (Å²) in [4.78, 5) is 23.9. The zero-order valence-corrected chi connectivity index (χ0v) is 18.8. The number of nitrogens with zero attached hydrogens (tertiary/aromatic N) is 7. The Bertz CT molecular complexity index is 1340. The van der Waals surface area contributed by atoms with E-state index in [0.717, 1.165) is 42.4 Å². The van der Waals surface area contributed by atoms with Gasteiger partial charge in [-0.1, -0.05) is 0 Å². The van der Waals surface area contributed by atoms with Gasteiger partial charge in [0.15, 0.2) is 0 Å². The summed E-state index contributed by atoms with van der Waals surface area (Å²) in [6.45, 7) is 2.05. The average molecular weight is 446 g/mol. The summed E-state index contributed by atoms with van der Waals surface area (Å²) in [5.74, 6) is 0.158. The molecule has 0 saturated carbocycles. The molecular formula is C22H21B3N8O. The average Bonchev–Trinajstić information content (AvgIpc) is 3.49. The third-order valence-corrected chi connectivity index (χ3v) is 6.05. The highest BCUT2D eigenvalue weighted by Gasteiger charge is 2.20. The molecule has 0 unspecified atom stereocenters. The van der Waals surface area contributed by atoms with E-state index in [0.29, 0.717) is 22.9 Å². The first kappa shape index (κ1) is 22.4. The summed E-state index contributed by atoms with van der Waals surface area (Å²) in [5, 5.41) is 10.6. The van der Waals surface area contributed by atoms with Crippen LogP contribution in [0.15, 0.2) is 49.3 Å². The minimum absolute atomic E-state index is 0.262. The van der Waals surface area contributed by atoms with Gasteiger partial charge in [0.1, 0.15) is 5.82 Å².